The molecule has 1 aliphatic rings. The van der Waals surface area contributed by atoms with Gasteiger partial charge >= 0.3 is 0 Å². The third kappa shape index (κ3) is 3.78. The summed E-state index contributed by atoms with van der Waals surface area (Å²) in [6.45, 7) is 2.55. The van der Waals surface area contributed by atoms with E-state index in [2.05, 4.69) is 20.3 Å². The number of nitrogens with zero attached hydrogens (tertiary/aromatic N) is 3. The van der Waals surface area contributed by atoms with Gasteiger partial charge in [-0.15, -0.1) is 0 Å². The molecule has 1 fully saturated rings. The first-order chi connectivity index (χ1) is 10.8. The van der Waals surface area contributed by atoms with Gasteiger partial charge in [-0.1, -0.05) is 6.07 Å². The smallest absolute Gasteiger partial charge is 0.156 e. The Balaban J connectivity index is 1.76. The minimum Gasteiger partial charge on any atom is -0.381 e. The van der Waals surface area contributed by atoms with E-state index in [1.807, 2.05) is 24.3 Å². The maximum Gasteiger partial charge on any atom is 0.156 e. The Bertz CT molecular complexity index is 600. The van der Waals surface area contributed by atoms with Crippen LogP contribution in [0.2, 0.25) is 0 Å². The van der Waals surface area contributed by atoms with Crippen LogP contribution >= 0.6 is 0 Å². The molecule has 0 saturated carbocycles. The van der Waals surface area contributed by atoms with Gasteiger partial charge in [0.2, 0.25) is 0 Å². The number of hydrogen-bond acceptors (Lipinski definition) is 6. The number of rotatable bonds is 6. The average molecular weight is 300 g/mol. The zero-order chi connectivity index (χ0) is 15.2. The van der Waals surface area contributed by atoms with Crippen molar-refractivity contribution >= 4 is 5.82 Å². The molecule has 1 saturated heterocycles. The molecule has 0 spiro atoms. The zero-order valence-electron chi connectivity index (χ0n) is 12.7. The summed E-state index contributed by atoms with van der Waals surface area (Å²) in [6, 6.07) is 7.86. The quantitative estimate of drug-likeness (QED) is 0.881. The largest absolute Gasteiger partial charge is 0.381 e. The maximum atomic E-state index is 5.46. The van der Waals surface area contributed by atoms with Crippen molar-refractivity contribution in [3.05, 3.63) is 47.7 Å². The second-order valence-corrected chi connectivity index (χ2v) is 5.26. The summed E-state index contributed by atoms with van der Waals surface area (Å²) in [5.41, 5.74) is 1.99. The molecule has 0 aromatic carbocycles. The summed E-state index contributed by atoms with van der Waals surface area (Å²) in [4.78, 5) is 13.4. The van der Waals surface area contributed by atoms with Crippen LogP contribution in [-0.4, -0.2) is 35.3 Å². The van der Waals surface area contributed by atoms with Crippen LogP contribution in [-0.2, 0) is 22.6 Å². The van der Waals surface area contributed by atoms with E-state index in [0.29, 0.717) is 24.9 Å². The van der Waals surface area contributed by atoms with Crippen molar-refractivity contribution in [2.45, 2.75) is 25.5 Å². The second kappa shape index (κ2) is 7.29. The zero-order valence-corrected chi connectivity index (χ0v) is 12.7. The molecule has 1 aliphatic heterocycles. The van der Waals surface area contributed by atoms with Crippen LogP contribution in [0.3, 0.4) is 0 Å². The van der Waals surface area contributed by atoms with Crippen molar-refractivity contribution < 1.29 is 9.47 Å². The molecule has 22 heavy (non-hydrogen) atoms. The van der Waals surface area contributed by atoms with Crippen molar-refractivity contribution in [1.29, 1.82) is 0 Å². The number of ether oxygens (including phenoxy) is 2. The van der Waals surface area contributed by atoms with Crippen molar-refractivity contribution in [1.82, 2.24) is 15.0 Å². The normalized spacial score (nSPS) is 17.6. The number of anilines is 1. The highest BCUT2D eigenvalue weighted by molar-refractivity contribution is 5.38. The topological polar surface area (TPSA) is 69.2 Å². The Morgan fingerprint density at radius 2 is 2.32 bits per heavy atom. The van der Waals surface area contributed by atoms with Crippen molar-refractivity contribution in [3.63, 3.8) is 0 Å². The standard InChI is InChI=1S/C16H20N4O2/c1-21-11-16-19-14(12-5-7-22-10-12)8-15(20-16)18-9-13-4-2-3-6-17-13/h2-4,6,8,12H,5,7,9-11H2,1H3,(H,18,19,20). The fraction of sp³-hybridized carbons (Fsp3) is 0.438. The highest BCUT2D eigenvalue weighted by atomic mass is 16.5. The van der Waals surface area contributed by atoms with Gasteiger partial charge in [0.15, 0.2) is 5.82 Å². The van der Waals surface area contributed by atoms with E-state index in [1.165, 1.54) is 0 Å². The van der Waals surface area contributed by atoms with Gasteiger partial charge < -0.3 is 14.8 Å². The molecule has 6 heteroatoms. The third-order valence-corrected chi connectivity index (χ3v) is 3.59. The number of hydrogen-bond donors (Lipinski definition) is 1. The van der Waals surface area contributed by atoms with E-state index in [4.69, 9.17) is 9.47 Å². The number of aromatic nitrogens is 3. The molecule has 1 atom stereocenters. The molecule has 1 unspecified atom stereocenters. The van der Waals surface area contributed by atoms with Gasteiger partial charge in [0.05, 0.1) is 24.5 Å². The molecular formula is C16H20N4O2. The van der Waals surface area contributed by atoms with E-state index >= 15 is 0 Å². The summed E-state index contributed by atoms with van der Waals surface area (Å²) in [6.07, 6.45) is 2.79. The molecule has 3 heterocycles. The fourth-order valence-corrected chi connectivity index (χ4v) is 2.46. The van der Waals surface area contributed by atoms with Gasteiger partial charge in [0.1, 0.15) is 12.4 Å². The van der Waals surface area contributed by atoms with Crippen LogP contribution in [0.25, 0.3) is 0 Å². The molecule has 0 bridgehead atoms. The molecule has 1 N–H and O–H groups in total. The summed E-state index contributed by atoms with van der Waals surface area (Å²) >= 11 is 0. The average Bonchev–Trinajstić information content (AvgIpc) is 3.09. The summed E-state index contributed by atoms with van der Waals surface area (Å²) in [5.74, 6) is 1.83. The summed E-state index contributed by atoms with van der Waals surface area (Å²) in [5, 5.41) is 3.31. The minimum absolute atomic E-state index is 0.342. The van der Waals surface area contributed by atoms with Gasteiger partial charge in [-0.05, 0) is 18.6 Å². The summed E-state index contributed by atoms with van der Waals surface area (Å²) in [7, 11) is 1.65. The molecule has 0 amide bonds. The molecule has 6 nitrogen and oxygen atoms in total. The Morgan fingerprint density at radius 1 is 1.36 bits per heavy atom. The molecule has 2 aromatic heterocycles. The van der Waals surface area contributed by atoms with Crippen LogP contribution in [0.5, 0.6) is 0 Å². The van der Waals surface area contributed by atoms with Crippen LogP contribution in [0.1, 0.15) is 29.6 Å². The Morgan fingerprint density at radius 3 is 3.05 bits per heavy atom. The third-order valence-electron chi connectivity index (χ3n) is 3.59. The molecule has 0 aliphatic carbocycles. The SMILES string of the molecule is COCc1nc(NCc2ccccn2)cc(C2CCOC2)n1. The van der Waals surface area contributed by atoms with Crippen molar-refractivity contribution in [2.75, 3.05) is 25.6 Å². The Labute approximate surface area is 129 Å². The van der Waals surface area contributed by atoms with E-state index in [-0.39, 0.29) is 0 Å². The van der Waals surface area contributed by atoms with Gasteiger partial charge in [-0.3, -0.25) is 4.98 Å². The van der Waals surface area contributed by atoms with E-state index in [1.54, 1.807) is 13.3 Å². The lowest BCUT2D eigenvalue weighted by Gasteiger charge is -2.12. The van der Waals surface area contributed by atoms with Gasteiger partial charge in [-0.2, -0.15) is 0 Å². The Hall–Kier alpha value is -2.05. The number of methoxy groups -OCH3 is 1. The van der Waals surface area contributed by atoms with Crippen molar-refractivity contribution in [3.8, 4) is 0 Å². The first-order valence-corrected chi connectivity index (χ1v) is 7.43. The Kier molecular flexibility index (Phi) is 4.92. The first kappa shape index (κ1) is 14.9. The monoisotopic (exact) mass is 300 g/mol. The molecule has 2 aromatic rings. The predicted molar refractivity (Wildman–Crippen MR) is 82.5 cm³/mol. The number of pyridine rings is 1. The fourth-order valence-electron chi connectivity index (χ4n) is 2.46. The lowest BCUT2D eigenvalue weighted by Crippen LogP contribution is -2.10. The van der Waals surface area contributed by atoms with Gasteiger partial charge in [0, 0.05) is 31.9 Å². The molecular weight excluding hydrogens is 280 g/mol. The number of nitrogens with one attached hydrogen (secondary N) is 1. The summed E-state index contributed by atoms with van der Waals surface area (Å²) < 4.78 is 10.6. The van der Waals surface area contributed by atoms with Crippen LogP contribution in [0.4, 0.5) is 5.82 Å². The van der Waals surface area contributed by atoms with Gasteiger partial charge in [-0.25, -0.2) is 9.97 Å². The van der Waals surface area contributed by atoms with Crippen molar-refractivity contribution in [2.24, 2.45) is 0 Å². The predicted octanol–water partition coefficient (Wildman–Crippen LogP) is 2.13. The van der Waals surface area contributed by atoms with Crippen LogP contribution in [0.15, 0.2) is 30.5 Å². The lowest BCUT2D eigenvalue weighted by atomic mass is 10.0. The highest BCUT2D eigenvalue weighted by Crippen LogP contribution is 2.25. The van der Waals surface area contributed by atoms with Gasteiger partial charge in [0.25, 0.3) is 0 Å². The highest BCUT2D eigenvalue weighted by Gasteiger charge is 2.20. The minimum atomic E-state index is 0.342. The first-order valence-electron chi connectivity index (χ1n) is 7.43. The second-order valence-electron chi connectivity index (χ2n) is 5.26. The van der Waals surface area contributed by atoms with Crippen LogP contribution in [0, 0.1) is 0 Å². The maximum absolute atomic E-state index is 5.46. The molecule has 116 valence electrons. The molecule has 3 rings (SSSR count). The molecule has 0 radical (unpaired) electrons. The van der Waals surface area contributed by atoms with E-state index in [9.17, 15) is 0 Å². The van der Waals surface area contributed by atoms with E-state index in [0.717, 1.165) is 36.8 Å². The van der Waals surface area contributed by atoms with E-state index < -0.39 is 0 Å². The van der Waals surface area contributed by atoms with Crippen LogP contribution < -0.4 is 5.32 Å². The lowest BCUT2D eigenvalue weighted by molar-refractivity contribution is 0.177.